The highest BCUT2D eigenvalue weighted by Gasteiger charge is 2.29. The molecule has 1 saturated heterocycles. The van der Waals surface area contributed by atoms with E-state index in [0.717, 1.165) is 51.6 Å². The van der Waals surface area contributed by atoms with Crippen molar-refractivity contribution in [3.63, 3.8) is 0 Å². The van der Waals surface area contributed by atoms with Crippen LogP contribution in [0.2, 0.25) is 0 Å². The van der Waals surface area contributed by atoms with Crippen LogP contribution in [0.5, 0.6) is 0 Å². The number of halogens is 1. The predicted molar refractivity (Wildman–Crippen MR) is 121 cm³/mol. The van der Waals surface area contributed by atoms with Crippen LogP contribution in [0.3, 0.4) is 0 Å². The molecule has 1 atom stereocenters. The minimum atomic E-state index is -0.678. The van der Waals surface area contributed by atoms with Gasteiger partial charge in [-0.05, 0) is 59.9 Å². The summed E-state index contributed by atoms with van der Waals surface area (Å²) in [6.45, 7) is 3.73. The highest BCUT2D eigenvalue weighted by atomic mass is 35.5. The van der Waals surface area contributed by atoms with Gasteiger partial charge in [0.05, 0.1) is 0 Å². The van der Waals surface area contributed by atoms with Crippen molar-refractivity contribution in [3.05, 3.63) is 76.4 Å². The summed E-state index contributed by atoms with van der Waals surface area (Å²) in [5.41, 5.74) is 8.50. The fraction of sp³-hybridized carbons (Fsp3) is 0.400. The van der Waals surface area contributed by atoms with E-state index in [0.29, 0.717) is 0 Å². The summed E-state index contributed by atoms with van der Waals surface area (Å²) in [5, 5.41) is 9.62. The second-order valence-corrected chi connectivity index (χ2v) is 7.97. The lowest BCUT2D eigenvalue weighted by atomic mass is 9.86. The Labute approximate surface area is 179 Å². The molecule has 1 aliphatic heterocycles. The van der Waals surface area contributed by atoms with E-state index in [9.17, 15) is 9.90 Å². The number of carboxylic acid groups (broad SMARTS) is 1. The molecule has 4 heteroatoms. The van der Waals surface area contributed by atoms with Crippen molar-refractivity contribution in [2.24, 2.45) is 0 Å². The summed E-state index contributed by atoms with van der Waals surface area (Å²) in [6, 6.07) is 17.3. The van der Waals surface area contributed by atoms with E-state index in [4.69, 9.17) is 0 Å². The lowest BCUT2D eigenvalue weighted by molar-refractivity contribution is -0.143. The third-order valence-electron chi connectivity index (χ3n) is 6.28. The summed E-state index contributed by atoms with van der Waals surface area (Å²) < 4.78 is 0. The summed E-state index contributed by atoms with van der Waals surface area (Å²) in [5.74, 6) is -0.678. The summed E-state index contributed by atoms with van der Waals surface area (Å²) in [7, 11) is 0. The quantitative estimate of drug-likeness (QED) is 0.736. The van der Waals surface area contributed by atoms with Gasteiger partial charge >= 0.3 is 5.97 Å². The first-order valence-corrected chi connectivity index (χ1v) is 10.5. The number of hydrogen-bond acceptors (Lipinski definition) is 2. The maximum atomic E-state index is 11.7. The summed E-state index contributed by atoms with van der Waals surface area (Å²) >= 11 is 0. The van der Waals surface area contributed by atoms with Gasteiger partial charge in [-0.1, -0.05) is 67.4 Å². The van der Waals surface area contributed by atoms with Crippen molar-refractivity contribution >= 4 is 23.9 Å². The molecular formula is C25H30ClNO2. The Balaban J connectivity index is 0.00000240. The minimum absolute atomic E-state index is 0. The molecule has 29 heavy (non-hydrogen) atoms. The molecule has 2 aliphatic rings. The molecule has 0 aromatic heterocycles. The van der Waals surface area contributed by atoms with Crippen LogP contribution in [0.4, 0.5) is 0 Å². The molecule has 1 fully saturated rings. The largest absolute Gasteiger partial charge is 0.480 e. The Morgan fingerprint density at radius 2 is 1.45 bits per heavy atom. The molecule has 154 valence electrons. The number of hydrogen-bond donors (Lipinski definition) is 1. The number of nitrogens with zero attached hydrogens (tertiary/aromatic N) is 1. The molecule has 1 aliphatic carbocycles. The van der Waals surface area contributed by atoms with Crippen molar-refractivity contribution in [1.82, 2.24) is 4.90 Å². The average molecular weight is 412 g/mol. The van der Waals surface area contributed by atoms with Crippen LogP contribution in [0.25, 0.3) is 5.57 Å². The zero-order chi connectivity index (χ0) is 19.5. The molecule has 0 radical (unpaired) electrons. The molecule has 0 saturated carbocycles. The van der Waals surface area contributed by atoms with Crippen LogP contribution in [0.15, 0.2) is 54.1 Å². The van der Waals surface area contributed by atoms with Crippen molar-refractivity contribution in [2.75, 3.05) is 13.1 Å². The molecule has 2 aromatic carbocycles. The van der Waals surface area contributed by atoms with Crippen molar-refractivity contribution in [3.8, 4) is 0 Å². The molecule has 4 rings (SSSR count). The molecule has 0 spiro atoms. The Kier molecular flexibility index (Phi) is 7.15. The van der Waals surface area contributed by atoms with Gasteiger partial charge in [0.15, 0.2) is 0 Å². The van der Waals surface area contributed by atoms with Crippen LogP contribution in [-0.4, -0.2) is 35.1 Å². The van der Waals surface area contributed by atoms with Crippen LogP contribution < -0.4 is 0 Å². The molecule has 1 heterocycles. The van der Waals surface area contributed by atoms with Crippen LogP contribution in [-0.2, 0) is 17.6 Å². The number of aliphatic carboxylic acids is 1. The van der Waals surface area contributed by atoms with Gasteiger partial charge in [-0.3, -0.25) is 9.69 Å². The Morgan fingerprint density at radius 1 is 0.931 bits per heavy atom. The zero-order valence-corrected chi connectivity index (χ0v) is 17.9. The Bertz CT molecular complexity index is 846. The van der Waals surface area contributed by atoms with E-state index in [1.54, 1.807) is 0 Å². The molecular weight excluding hydrogens is 382 g/mol. The number of rotatable bonds is 4. The van der Waals surface area contributed by atoms with Gasteiger partial charge < -0.3 is 5.11 Å². The monoisotopic (exact) mass is 411 g/mol. The molecule has 3 nitrogen and oxygen atoms in total. The molecule has 1 N–H and O–H groups in total. The SMILES string of the molecule is CCCC(C(=O)O)N1CCC(=C2c3ccccc3CCc3ccccc32)CC1.Cl. The number of aryl methyl sites for hydroxylation is 2. The normalized spacial score (nSPS) is 17.6. The number of piperidine rings is 1. The first kappa shape index (κ1) is 21.6. The van der Waals surface area contributed by atoms with Crippen molar-refractivity contribution in [1.29, 1.82) is 0 Å². The Hall–Kier alpha value is -2.10. The van der Waals surface area contributed by atoms with Gasteiger partial charge in [-0.15, -0.1) is 12.4 Å². The smallest absolute Gasteiger partial charge is 0.320 e. The standard InChI is InChI=1S/C25H29NO2.ClH/c1-2-7-23(25(27)28)26-16-14-20(15-17-26)24-21-10-5-3-8-18(21)12-13-19-9-4-6-11-22(19)24;/h3-6,8-11,23H,2,7,12-17H2,1H3,(H,27,28);1H. The first-order chi connectivity index (χ1) is 13.7. The van der Waals surface area contributed by atoms with Crippen molar-refractivity contribution in [2.45, 2.75) is 51.5 Å². The molecule has 0 amide bonds. The van der Waals surface area contributed by atoms with Crippen LogP contribution >= 0.6 is 12.4 Å². The van der Waals surface area contributed by atoms with Crippen molar-refractivity contribution < 1.29 is 9.90 Å². The highest BCUT2D eigenvalue weighted by Crippen LogP contribution is 2.38. The van der Waals surface area contributed by atoms with Crippen LogP contribution in [0, 0.1) is 0 Å². The molecule has 1 unspecified atom stereocenters. The van der Waals surface area contributed by atoms with Gasteiger partial charge in [0.25, 0.3) is 0 Å². The van der Waals surface area contributed by atoms with E-state index in [1.165, 1.54) is 33.4 Å². The lowest BCUT2D eigenvalue weighted by Gasteiger charge is -2.34. The topological polar surface area (TPSA) is 40.5 Å². The highest BCUT2D eigenvalue weighted by molar-refractivity contribution is 5.86. The summed E-state index contributed by atoms with van der Waals surface area (Å²) in [4.78, 5) is 13.9. The maximum absolute atomic E-state index is 11.7. The average Bonchev–Trinajstić information content (AvgIpc) is 2.89. The molecule has 2 aromatic rings. The second kappa shape index (κ2) is 9.60. The number of likely N-dealkylation sites (tertiary alicyclic amines) is 1. The number of carboxylic acids is 1. The van der Waals surface area contributed by atoms with Crippen LogP contribution in [0.1, 0.15) is 54.9 Å². The van der Waals surface area contributed by atoms with E-state index in [1.807, 2.05) is 0 Å². The first-order valence-electron chi connectivity index (χ1n) is 10.5. The Morgan fingerprint density at radius 3 is 1.93 bits per heavy atom. The van der Waals surface area contributed by atoms with Gasteiger partial charge in [0.2, 0.25) is 0 Å². The van der Waals surface area contributed by atoms with Gasteiger partial charge in [0.1, 0.15) is 6.04 Å². The fourth-order valence-corrected chi connectivity index (χ4v) is 4.85. The lowest BCUT2D eigenvalue weighted by Crippen LogP contribution is -2.44. The van der Waals surface area contributed by atoms with Gasteiger partial charge in [-0.2, -0.15) is 0 Å². The van der Waals surface area contributed by atoms with E-state index < -0.39 is 5.97 Å². The predicted octanol–water partition coefficient (Wildman–Crippen LogP) is 5.36. The van der Waals surface area contributed by atoms with E-state index in [-0.39, 0.29) is 18.4 Å². The number of fused-ring (bicyclic) bond motifs is 2. The third-order valence-corrected chi connectivity index (χ3v) is 6.28. The van der Waals surface area contributed by atoms with E-state index in [2.05, 4.69) is 60.4 Å². The van der Waals surface area contributed by atoms with Gasteiger partial charge in [-0.25, -0.2) is 0 Å². The third kappa shape index (κ3) is 4.41. The summed E-state index contributed by atoms with van der Waals surface area (Å²) in [6.07, 6.45) is 5.69. The zero-order valence-electron chi connectivity index (χ0n) is 17.1. The molecule has 0 bridgehead atoms. The minimum Gasteiger partial charge on any atom is -0.480 e. The number of carbonyl (C=O) groups is 1. The second-order valence-electron chi connectivity index (χ2n) is 7.97. The number of benzene rings is 2. The van der Waals surface area contributed by atoms with Gasteiger partial charge in [0, 0.05) is 13.1 Å². The fourth-order valence-electron chi connectivity index (χ4n) is 4.85. The maximum Gasteiger partial charge on any atom is 0.320 e. The van der Waals surface area contributed by atoms with E-state index >= 15 is 0 Å².